The molecule has 0 N–H and O–H groups in total. The Bertz CT molecular complexity index is 190. The van der Waals surface area contributed by atoms with Crippen LogP contribution >= 0.6 is 12.6 Å². The molecule has 0 bridgehead atoms. The smallest absolute Gasteiger partial charge is 0.340 e. The number of hydrogen-bond donors (Lipinski definition) is 1. The summed E-state index contributed by atoms with van der Waals surface area (Å²) < 4.78 is 7.31. The van der Waals surface area contributed by atoms with Crippen LogP contribution in [0.1, 0.15) is 56.3 Å². The van der Waals surface area contributed by atoms with Crippen molar-refractivity contribution in [3.8, 4) is 0 Å². The van der Waals surface area contributed by atoms with Crippen LogP contribution in [0.15, 0.2) is 0 Å². The molecule has 0 aromatic heterocycles. The van der Waals surface area contributed by atoms with Crippen molar-refractivity contribution in [2.45, 2.75) is 60.1 Å². The van der Waals surface area contributed by atoms with E-state index in [4.69, 9.17) is 1.37 Å². The molecule has 0 aliphatic carbocycles. The fraction of sp³-hybridized carbons (Fsp3) is 0.867. The zero-order valence-corrected chi connectivity index (χ0v) is 15.0. The quantitative estimate of drug-likeness (QED) is 0.528. The van der Waals surface area contributed by atoms with Crippen LogP contribution in [0, 0.1) is 37.0 Å². The van der Waals surface area contributed by atoms with E-state index in [9.17, 15) is 0 Å². The molecule has 0 aromatic carbocycles. The van der Waals surface area contributed by atoms with Crippen LogP contribution in [0.2, 0.25) is 0 Å². The monoisotopic (exact) mass is 297 g/mol. The van der Waals surface area contributed by atoms with Crippen LogP contribution in [0.4, 0.5) is 0 Å². The van der Waals surface area contributed by atoms with E-state index in [2.05, 4.69) is 54.2 Å². The molecule has 3 atom stereocenters. The molecule has 2 heteroatoms. The molecule has 0 aliphatic rings. The second-order valence-electron chi connectivity index (χ2n) is 6.08. The second kappa shape index (κ2) is 10.8. The molecule has 3 unspecified atom stereocenters. The van der Waals surface area contributed by atoms with Gasteiger partial charge in [0.1, 0.15) is 0 Å². The minimum atomic E-state index is -0.386. The Balaban J connectivity index is -0.000000251. The fourth-order valence-corrected chi connectivity index (χ4v) is 1.07. The topological polar surface area (TPSA) is 0 Å². The minimum Gasteiger partial charge on any atom is -0.340 e. The van der Waals surface area contributed by atoms with Crippen LogP contribution in [0.3, 0.4) is 0 Å². The van der Waals surface area contributed by atoms with Crippen molar-refractivity contribution in [2.24, 2.45) is 23.1 Å². The standard InChI is InChI=1S/C10H20.C5H12S.V/c1-8(2)9(3)7-10(4,5)6;1-4(2)5(3)6;/h8-9H,1,4,7H2,2-3,5-6H3;4-6H,1-3H3;/q-2;;+2/i;4T;. The second-order valence-corrected chi connectivity index (χ2v) is 6.85. The van der Waals surface area contributed by atoms with E-state index in [0.717, 1.165) is 6.42 Å². The molecule has 0 saturated carbocycles. The molecule has 0 saturated heterocycles. The van der Waals surface area contributed by atoms with Crippen LogP contribution in [0.5, 0.6) is 0 Å². The van der Waals surface area contributed by atoms with Gasteiger partial charge >= 0.3 is 18.6 Å². The van der Waals surface area contributed by atoms with E-state index in [0.29, 0.717) is 11.8 Å². The maximum absolute atomic E-state index is 7.31. The summed E-state index contributed by atoms with van der Waals surface area (Å²) in [5.74, 6) is 0.844. The summed E-state index contributed by atoms with van der Waals surface area (Å²) in [5.41, 5.74) is 0.214. The molecular weight excluding hydrogens is 263 g/mol. The first kappa shape index (κ1) is 20.3. The predicted molar refractivity (Wildman–Crippen MR) is 80.7 cm³/mol. The molecule has 0 nitrogen and oxygen atoms in total. The Morgan fingerprint density at radius 1 is 1.18 bits per heavy atom. The first-order chi connectivity index (χ1) is 7.27. The minimum absolute atomic E-state index is 0. The summed E-state index contributed by atoms with van der Waals surface area (Å²) in [5, 5.41) is 0.160. The maximum Gasteiger partial charge on any atom is 2.00 e. The molecule has 0 rings (SSSR count). The zero-order valence-electron chi connectivity index (χ0n) is 13.7. The zero-order chi connectivity index (χ0) is 14.4. The van der Waals surface area contributed by atoms with Gasteiger partial charge in [0, 0.05) is 6.62 Å². The van der Waals surface area contributed by atoms with Crippen LogP contribution in [0.25, 0.3) is 0 Å². The third-order valence-corrected chi connectivity index (χ3v) is 3.20. The summed E-state index contributed by atoms with van der Waals surface area (Å²) in [6.45, 7) is 22.4. The van der Waals surface area contributed by atoms with E-state index in [1.54, 1.807) is 0 Å². The van der Waals surface area contributed by atoms with Gasteiger partial charge in [-0.3, -0.25) is 0 Å². The molecule has 0 fully saturated rings. The van der Waals surface area contributed by atoms with Crippen LogP contribution < -0.4 is 0 Å². The number of rotatable bonds is 4. The van der Waals surface area contributed by atoms with Crippen LogP contribution in [-0.2, 0) is 18.6 Å². The van der Waals surface area contributed by atoms with Crippen molar-refractivity contribution in [3.05, 3.63) is 13.8 Å². The Morgan fingerprint density at radius 3 is 1.53 bits per heavy atom. The SMILES string of the molecule is [3H]C(C)(C)C(C)S.[CH2-]C(C)C(C)CC([CH2-])(C)C.[V+2]. The van der Waals surface area contributed by atoms with Gasteiger partial charge in [-0.2, -0.15) is 24.0 Å². The average Bonchev–Trinajstić information content (AvgIpc) is 1.99. The Morgan fingerprint density at radius 2 is 1.47 bits per heavy atom. The van der Waals surface area contributed by atoms with Gasteiger partial charge in [0.25, 0.3) is 0 Å². The summed E-state index contributed by atoms with van der Waals surface area (Å²) in [6, 6.07) is 0. The van der Waals surface area contributed by atoms with Gasteiger partial charge in [-0.1, -0.05) is 60.8 Å². The van der Waals surface area contributed by atoms with E-state index in [-0.39, 0.29) is 35.1 Å². The van der Waals surface area contributed by atoms with Gasteiger partial charge in [-0.25, -0.2) is 0 Å². The summed E-state index contributed by atoms with van der Waals surface area (Å²) >= 11 is 4.09. The van der Waals surface area contributed by atoms with Gasteiger partial charge in [0.2, 0.25) is 0 Å². The van der Waals surface area contributed by atoms with Crippen molar-refractivity contribution < 1.29 is 19.9 Å². The largest absolute Gasteiger partial charge is 2.00 e. The third kappa shape index (κ3) is 19.5. The van der Waals surface area contributed by atoms with E-state index in [1.807, 2.05) is 20.8 Å². The molecule has 17 heavy (non-hydrogen) atoms. The molecule has 0 heterocycles. The molecule has 0 amide bonds. The number of thiol groups is 1. The molecule has 0 aromatic rings. The first-order valence-electron chi connectivity index (χ1n) is 6.64. The van der Waals surface area contributed by atoms with Gasteiger partial charge < -0.3 is 13.8 Å². The fourth-order valence-electron chi connectivity index (χ4n) is 1.07. The van der Waals surface area contributed by atoms with Gasteiger partial charge in [-0.05, 0) is 5.89 Å². The Kier molecular flexibility index (Phi) is 12.9. The average molecular weight is 297 g/mol. The van der Waals surface area contributed by atoms with Crippen molar-refractivity contribution in [1.82, 2.24) is 0 Å². The molecular formula is C15H32SV. The van der Waals surface area contributed by atoms with Crippen molar-refractivity contribution in [1.29, 1.82) is 0 Å². The molecule has 103 valence electrons. The summed E-state index contributed by atoms with van der Waals surface area (Å²) in [6.07, 6.45) is 1.16. The normalized spacial score (nSPS) is 17.9. The van der Waals surface area contributed by atoms with Gasteiger partial charge in [0.15, 0.2) is 0 Å². The maximum atomic E-state index is 7.31. The van der Waals surface area contributed by atoms with Crippen molar-refractivity contribution in [3.63, 3.8) is 0 Å². The predicted octanol–water partition coefficient (Wildman–Crippen LogP) is 5.30. The summed E-state index contributed by atoms with van der Waals surface area (Å²) in [4.78, 5) is 0. The summed E-state index contributed by atoms with van der Waals surface area (Å²) in [7, 11) is 0. The van der Waals surface area contributed by atoms with Crippen LogP contribution in [-0.4, -0.2) is 5.25 Å². The van der Waals surface area contributed by atoms with E-state index < -0.39 is 0 Å². The Hall–Kier alpha value is 0.934. The first-order valence-corrected chi connectivity index (χ1v) is 6.65. The van der Waals surface area contributed by atoms with E-state index in [1.165, 1.54) is 0 Å². The third-order valence-electron chi connectivity index (χ3n) is 2.68. The van der Waals surface area contributed by atoms with Crippen molar-refractivity contribution in [2.75, 3.05) is 0 Å². The molecule has 1 radical (unpaired) electrons. The molecule has 0 aliphatic heterocycles. The van der Waals surface area contributed by atoms with Crippen molar-refractivity contribution >= 4 is 12.6 Å². The number of hydrogen-bond acceptors (Lipinski definition) is 1. The molecule has 0 spiro atoms. The van der Waals surface area contributed by atoms with Gasteiger partial charge in [0.05, 0.1) is 0 Å². The Labute approximate surface area is 129 Å². The van der Waals surface area contributed by atoms with Gasteiger partial charge in [-0.15, -0.1) is 0 Å². The van der Waals surface area contributed by atoms with E-state index >= 15 is 0 Å².